The molecule has 16 heavy (non-hydrogen) atoms. The van der Waals surface area contributed by atoms with E-state index < -0.39 is 0 Å². The second-order valence-electron chi connectivity index (χ2n) is 4.47. The molecule has 0 bridgehead atoms. The summed E-state index contributed by atoms with van der Waals surface area (Å²) in [6, 6.07) is 0. The maximum Gasteiger partial charge on any atom is 0.0826 e. The fourth-order valence-electron chi connectivity index (χ4n) is 1.93. The van der Waals surface area contributed by atoms with E-state index >= 15 is 0 Å². The molecular weight excluding hydrogens is 220 g/mol. The smallest absolute Gasteiger partial charge is 0.0826 e. The summed E-state index contributed by atoms with van der Waals surface area (Å²) in [5, 5.41) is 7.89. The van der Waals surface area contributed by atoms with Crippen LogP contribution >= 0.6 is 11.3 Å². The van der Waals surface area contributed by atoms with Crippen LogP contribution in [0.25, 0.3) is 0 Å². The zero-order chi connectivity index (χ0) is 11.4. The van der Waals surface area contributed by atoms with E-state index in [-0.39, 0.29) is 0 Å². The third-order valence-electron chi connectivity index (χ3n) is 2.99. The summed E-state index contributed by atoms with van der Waals surface area (Å²) in [6.07, 6.45) is 0.345. The van der Waals surface area contributed by atoms with Crippen LogP contribution in [0.3, 0.4) is 0 Å². The van der Waals surface area contributed by atoms with Gasteiger partial charge in [0.1, 0.15) is 0 Å². The predicted molar refractivity (Wildman–Crippen MR) is 68.0 cm³/mol. The van der Waals surface area contributed by atoms with Gasteiger partial charge in [-0.2, -0.15) is 11.3 Å². The molecule has 2 rings (SSSR count). The van der Waals surface area contributed by atoms with Crippen molar-refractivity contribution in [2.45, 2.75) is 19.6 Å². The molecule has 90 valence electrons. The minimum Gasteiger partial charge on any atom is -0.374 e. The average Bonchev–Trinajstić information content (AvgIpc) is 2.65. The fourth-order valence-corrected chi connectivity index (χ4v) is 2.78. The molecule has 1 atom stereocenters. The molecular formula is C12H20N2OS. The van der Waals surface area contributed by atoms with Crippen LogP contribution in [0.5, 0.6) is 0 Å². The molecule has 0 amide bonds. The lowest BCUT2D eigenvalue weighted by atomic mass is 10.2. The summed E-state index contributed by atoms with van der Waals surface area (Å²) in [5.74, 6) is 0. The number of ether oxygens (including phenoxy) is 1. The summed E-state index contributed by atoms with van der Waals surface area (Å²) in [7, 11) is 2.15. The zero-order valence-corrected chi connectivity index (χ0v) is 10.8. The van der Waals surface area contributed by atoms with Crippen LogP contribution in [0.1, 0.15) is 11.1 Å². The van der Waals surface area contributed by atoms with Crippen LogP contribution in [-0.4, -0.2) is 44.3 Å². The lowest BCUT2D eigenvalue weighted by Crippen LogP contribution is -2.44. The molecule has 4 heteroatoms. The first-order valence-corrected chi connectivity index (χ1v) is 6.72. The summed E-state index contributed by atoms with van der Waals surface area (Å²) < 4.78 is 5.70. The Labute approximate surface area is 101 Å². The van der Waals surface area contributed by atoms with Gasteiger partial charge in [0.15, 0.2) is 0 Å². The molecule has 2 heterocycles. The highest BCUT2D eigenvalue weighted by atomic mass is 32.1. The van der Waals surface area contributed by atoms with Crippen LogP contribution in [0, 0.1) is 6.92 Å². The molecule has 1 fully saturated rings. The minimum atomic E-state index is 0.345. The molecule has 3 nitrogen and oxygen atoms in total. The van der Waals surface area contributed by atoms with Gasteiger partial charge in [-0.3, -0.25) is 0 Å². The van der Waals surface area contributed by atoms with Crippen molar-refractivity contribution >= 4 is 11.3 Å². The van der Waals surface area contributed by atoms with Gasteiger partial charge < -0.3 is 15.0 Å². The maximum absolute atomic E-state index is 5.70. The number of thiophene rings is 1. The number of hydrogen-bond acceptors (Lipinski definition) is 4. The molecule has 1 aromatic heterocycles. The number of rotatable bonds is 4. The van der Waals surface area contributed by atoms with Gasteiger partial charge in [-0.1, -0.05) is 0 Å². The van der Waals surface area contributed by atoms with E-state index in [2.05, 4.69) is 34.9 Å². The molecule has 0 spiro atoms. The van der Waals surface area contributed by atoms with Crippen molar-refractivity contribution in [3.63, 3.8) is 0 Å². The van der Waals surface area contributed by atoms with Crippen LogP contribution in [-0.2, 0) is 11.3 Å². The van der Waals surface area contributed by atoms with Gasteiger partial charge in [-0.05, 0) is 35.9 Å². The van der Waals surface area contributed by atoms with Gasteiger partial charge in [0.25, 0.3) is 0 Å². The molecule has 1 saturated heterocycles. The highest BCUT2D eigenvalue weighted by Gasteiger charge is 2.16. The van der Waals surface area contributed by atoms with Gasteiger partial charge in [0.05, 0.1) is 12.7 Å². The molecule has 1 aliphatic rings. The predicted octanol–water partition coefficient (Wildman–Crippen LogP) is 1.48. The second kappa shape index (κ2) is 5.77. The molecule has 0 aromatic carbocycles. The average molecular weight is 240 g/mol. The van der Waals surface area contributed by atoms with Gasteiger partial charge in [0, 0.05) is 26.2 Å². The molecule has 1 aliphatic heterocycles. The Morgan fingerprint density at radius 2 is 2.44 bits per heavy atom. The fraction of sp³-hybridized carbons (Fsp3) is 0.667. The van der Waals surface area contributed by atoms with Crippen molar-refractivity contribution in [3.8, 4) is 0 Å². The number of likely N-dealkylation sites (N-methyl/N-ethyl adjacent to an activating group) is 1. The van der Waals surface area contributed by atoms with E-state index in [4.69, 9.17) is 4.74 Å². The molecule has 0 aliphatic carbocycles. The Kier molecular flexibility index (Phi) is 4.35. The molecule has 0 radical (unpaired) electrons. The lowest BCUT2D eigenvalue weighted by Gasteiger charge is -2.30. The van der Waals surface area contributed by atoms with Gasteiger partial charge in [0.2, 0.25) is 0 Å². The molecule has 0 saturated carbocycles. The normalized spacial score (nSPS) is 22.5. The van der Waals surface area contributed by atoms with Crippen molar-refractivity contribution in [2.24, 2.45) is 0 Å². The van der Waals surface area contributed by atoms with Crippen molar-refractivity contribution in [2.75, 3.05) is 33.3 Å². The van der Waals surface area contributed by atoms with Crippen molar-refractivity contribution in [3.05, 3.63) is 21.9 Å². The van der Waals surface area contributed by atoms with E-state index in [1.54, 1.807) is 11.3 Å². The quantitative estimate of drug-likeness (QED) is 0.862. The van der Waals surface area contributed by atoms with Crippen LogP contribution in [0.15, 0.2) is 10.8 Å². The van der Waals surface area contributed by atoms with Crippen molar-refractivity contribution < 1.29 is 4.74 Å². The number of nitrogens with one attached hydrogen (secondary N) is 1. The summed E-state index contributed by atoms with van der Waals surface area (Å²) in [5.41, 5.74) is 2.80. The molecule has 1 unspecified atom stereocenters. The van der Waals surface area contributed by atoms with E-state index in [0.29, 0.717) is 6.10 Å². The van der Waals surface area contributed by atoms with Gasteiger partial charge in [-0.25, -0.2) is 0 Å². The van der Waals surface area contributed by atoms with E-state index in [1.807, 2.05) is 0 Å². The second-order valence-corrected chi connectivity index (χ2v) is 5.21. The zero-order valence-electron chi connectivity index (χ0n) is 10.0. The highest BCUT2D eigenvalue weighted by molar-refractivity contribution is 7.08. The minimum absolute atomic E-state index is 0.345. The number of aryl methyl sites for hydroxylation is 1. The van der Waals surface area contributed by atoms with Crippen molar-refractivity contribution in [1.82, 2.24) is 10.2 Å². The lowest BCUT2D eigenvalue weighted by molar-refractivity contribution is -0.0182. The Hall–Kier alpha value is -0.420. The van der Waals surface area contributed by atoms with Gasteiger partial charge >= 0.3 is 0 Å². The largest absolute Gasteiger partial charge is 0.374 e. The Morgan fingerprint density at radius 3 is 3.12 bits per heavy atom. The summed E-state index contributed by atoms with van der Waals surface area (Å²) in [4.78, 5) is 2.33. The summed E-state index contributed by atoms with van der Waals surface area (Å²) in [6.45, 7) is 7.02. The Morgan fingerprint density at radius 1 is 1.56 bits per heavy atom. The SMILES string of the molecule is Cc1cscc1CNCC1CN(C)CCO1. The first-order chi connectivity index (χ1) is 7.75. The van der Waals surface area contributed by atoms with E-state index in [0.717, 1.165) is 32.8 Å². The third kappa shape index (κ3) is 3.28. The number of nitrogens with zero attached hydrogens (tertiary/aromatic N) is 1. The molecule has 1 N–H and O–H groups in total. The standard InChI is InChI=1S/C12H20N2OS/c1-10-8-16-9-11(10)5-13-6-12-7-14(2)3-4-15-12/h8-9,12-13H,3-7H2,1-2H3. The monoisotopic (exact) mass is 240 g/mol. The van der Waals surface area contributed by atoms with Crippen LogP contribution < -0.4 is 5.32 Å². The van der Waals surface area contributed by atoms with E-state index in [1.165, 1.54) is 11.1 Å². The first kappa shape index (κ1) is 12.0. The number of morpholine rings is 1. The first-order valence-electron chi connectivity index (χ1n) is 5.78. The molecule has 1 aromatic rings. The van der Waals surface area contributed by atoms with Crippen LogP contribution in [0.2, 0.25) is 0 Å². The Bertz CT molecular complexity index is 327. The number of hydrogen-bond donors (Lipinski definition) is 1. The van der Waals surface area contributed by atoms with Crippen molar-refractivity contribution in [1.29, 1.82) is 0 Å². The van der Waals surface area contributed by atoms with Crippen LogP contribution in [0.4, 0.5) is 0 Å². The Balaban J connectivity index is 1.70. The van der Waals surface area contributed by atoms with E-state index in [9.17, 15) is 0 Å². The summed E-state index contributed by atoms with van der Waals surface area (Å²) >= 11 is 1.77. The maximum atomic E-state index is 5.70. The third-order valence-corrected chi connectivity index (χ3v) is 3.90. The highest BCUT2D eigenvalue weighted by Crippen LogP contribution is 2.13. The topological polar surface area (TPSA) is 24.5 Å². The van der Waals surface area contributed by atoms with Gasteiger partial charge in [-0.15, -0.1) is 0 Å².